The molecule has 0 amide bonds. The Kier molecular flexibility index (Phi) is 8.18. The molecule has 0 aromatic heterocycles. The molecule has 0 radical (unpaired) electrons. The first-order chi connectivity index (χ1) is 2.77. The van der Waals surface area contributed by atoms with Gasteiger partial charge >= 0.3 is 0 Å². The van der Waals surface area contributed by atoms with Gasteiger partial charge in [0.05, 0.1) is 0 Å². The zero-order valence-corrected chi connectivity index (χ0v) is 5.73. The summed E-state index contributed by atoms with van der Waals surface area (Å²) in [5, 5.41) is 0. The molecule has 42 valence electrons. The van der Waals surface area contributed by atoms with Crippen LogP contribution >= 0.6 is 0 Å². The third-order valence-corrected chi connectivity index (χ3v) is 1.30. The van der Waals surface area contributed by atoms with Crippen LogP contribution in [0.25, 0.3) is 0 Å². The van der Waals surface area contributed by atoms with Gasteiger partial charge in [-0.05, 0) is 6.92 Å². The van der Waals surface area contributed by atoms with E-state index in [0.717, 1.165) is 0 Å². The summed E-state index contributed by atoms with van der Waals surface area (Å²) < 4.78 is 0. The lowest BCUT2D eigenvalue weighted by Gasteiger charge is -1.78. The van der Waals surface area contributed by atoms with E-state index in [0.29, 0.717) is 0 Å². The number of rotatable bonds is 0. The molecule has 0 aliphatic heterocycles. The maximum atomic E-state index is 3.10. The molecule has 0 aliphatic rings. The molecule has 7 heavy (non-hydrogen) atoms. The molecule has 0 atom stereocenters. The van der Waals surface area contributed by atoms with E-state index in [1.165, 1.54) is 0 Å². The van der Waals surface area contributed by atoms with Crippen molar-refractivity contribution >= 4 is 8.80 Å². The standard InChI is InChI=1S/C5H10Si.CH4/c1-4-5-6(2)3;/h6H,1-3H3;1H4. The summed E-state index contributed by atoms with van der Waals surface area (Å²) in [5.41, 5.74) is 3.10. The van der Waals surface area contributed by atoms with E-state index < -0.39 is 8.80 Å². The molecule has 0 aromatic rings. The van der Waals surface area contributed by atoms with E-state index in [1.54, 1.807) is 0 Å². The van der Waals surface area contributed by atoms with E-state index in [4.69, 9.17) is 0 Å². The highest BCUT2D eigenvalue weighted by Gasteiger charge is 1.79. The Morgan fingerprint density at radius 1 is 1.29 bits per heavy atom. The van der Waals surface area contributed by atoms with Gasteiger partial charge < -0.3 is 0 Å². The van der Waals surface area contributed by atoms with Crippen LogP contribution in [0.15, 0.2) is 0 Å². The highest BCUT2D eigenvalue weighted by Crippen LogP contribution is 1.70. The fourth-order valence-electron chi connectivity index (χ4n) is 0.289. The summed E-state index contributed by atoms with van der Waals surface area (Å²) in [6, 6.07) is 0. The van der Waals surface area contributed by atoms with E-state index in [9.17, 15) is 0 Å². The van der Waals surface area contributed by atoms with Gasteiger partial charge in [0, 0.05) is 0 Å². The number of hydrogen-bond acceptors (Lipinski definition) is 0. The van der Waals surface area contributed by atoms with Crippen LogP contribution in [-0.4, -0.2) is 8.80 Å². The zero-order chi connectivity index (χ0) is 4.99. The van der Waals surface area contributed by atoms with E-state index in [1.807, 2.05) is 6.92 Å². The van der Waals surface area contributed by atoms with Gasteiger partial charge in [-0.2, -0.15) is 0 Å². The molecule has 0 spiro atoms. The SMILES string of the molecule is C.CC#C[SiH](C)C. The zero-order valence-electron chi connectivity index (χ0n) is 4.58. The molecule has 0 saturated carbocycles. The second-order valence-electron chi connectivity index (χ2n) is 1.55. The maximum Gasteiger partial charge on any atom is 0.116 e. The summed E-state index contributed by atoms with van der Waals surface area (Å²) >= 11 is 0. The van der Waals surface area contributed by atoms with Crippen molar-refractivity contribution < 1.29 is 0 Å². The Bertz CT molecular complexity index is 73.9. The van der Waals surface area contributed by atoms with Crippen molar-refractivity contribution in [3.8, 4) is 11.5 Å². The van der Waals surface area contributed by atoms with Crippen LogP contribution in [-0.2, 0) is 0 Å². The molecule has 0 bridgehead atoms. The first kappa shape index (κ1) is 9.91. The third kappa shape index (κ3) is 10.7. The first-order valence-corrected chi connectivity index (χ1v) is 5.08. The third-order valence-electron chi connectivity index (χ3n) is 0.433. The lowest BCUT2D eigenvalue weighted by Crippen LogP contribution is -1.91. The van der Waals surface area contributed by atoms with Crippen LogP contribution in [0, 0.1) is 11.5 Å². The van der Waals surface area contributed by atoms with Gasteiger partial charge in [0.2, 0.25) is 0 Å². The fraction of sp³-hybridized carbons (Fsp3) is 0.667. The smallest absolute Gasteiger partial charge is 0.116 e. The second-order valence-corrected chi connectivity index (χ2v) is 4.15. The number of hydrogen-bond donors (Lipinski definition) is 0. The average molecular weight is 114 g/mol. The summed E-state index contributed by atoms with van der Waals surface area (Å²) in [4.78, 5) is 0. The first-order valence-electron chi connectivity index (χ1n) is 2.19. The Labute approximate surface area is 48.5 Å². The van der Waals surface area contributed by atoms with E-state index >= 15 is 0 Å². The Morgan fingerprint density at radius 3 is 1.71 bits per heavy atom. The van der Waals surface area contributed by atoms with Crippen molar-refractivity contribution in [2.75, 3.05) is 0 Å². The fourth-order valence-corrected chi connectivity index (χ4v) is 0.866. The van der Waals surface area contributed by atoms with E-state index in [-0.39, 0.29) is 7.43 Å². The highest BCUT2D eigenvalue weighted by atomic mass is 28.3. The van der Waals surface area contributed by atoms with Gasteiger partial charge in [-0.25, -0.2) is 0 Å². The van der Waals surface area contributed by atoms with Crippen molar-refractivity contribution in [2.45, 2.75) is 27.4 Å². The van der Waals surface area contributed by atoms with Gasteiger partial charge in [0.15, 0.2) is 0 Å². The van der Waals surface area contributed by atoms with E-state index in [2.05, 4.69) is 24.6 Å². The lowest BCUT2D eigenvalue weighted by molar-refractivity contribution is 1.91. The van der Waals surface area contributed by atoms with Crippen LogP contribution < -0.4 is 0 Å². The van der Waals surface area contributed by atoms with Crippen LogP contribution in [0.4, 0.5) is 0 Å². The van der Waals surface area contributed by atoms with Gasteiger partial charge in [-0.3, -0.25) is 0 Å². The van der Waals surface area contributed by atoms with Crippen molar-refractivity contribution in [3.05, 3.63) is 0 Å². The molecule has 0 N–H and O–H groups in total. The molecule has 0 rings (SSSR count). The lowest BCUT2D eigenvalue weighted by atomic mass is 10.8. The minimum atomic E-state index is -0.532. The topological polar surface area (TPSA) is 0 Å². The molecule has 0 fully saturated rings. The largest absolute Gasteiger partial charge is 0.136 e. The minimum Gasteiger partial charge on any atom is -0.136 e. The Balaban J connectivity index is 0. The molecule has 0 aliphatic carbocycles. The summed E-state index contributed by atoms with van der Waals surface area (Å²) in [6.45, 7) is 6.33. The van der Waals surface area contributed by atoms with Crippen LogP contribution in [0.2, 0.25) is 13.1 Å². The molecule has 0 unspecified atom stereocenters. The maximum absolute atomic E-state index is 3.10. The van der Waals surface area contributed by atoms with Gasteiger partial charge in [0.25, 0.3) is 0 Å². The molecule has 0 heterocycles. The normalized spacial score (nSPS) is 6.29. The molecule has 1 heteroatoms. The molecular weight excluding hydrogens is 100 g/mol. The predicted octanol–water partition coefficient (Wildman–Crippen LogP) is 1.67. The second kappa shape index (κ2) is 5.78. The molecular formula is C6H14Si. The van der Waals surface area contributed by atoms with Crippen LogP contribution in [0.3, 0.4) is 0 Å². The summed E-state index contributed by atoms with van der Waals surface area (Å²) in [5.74, 6) is 2.88. The van der Waals surface area contributed by atoms with Crippen molar-refractivity contribution in [1.29, 1.82) is 0 Å². The van der Waals surface area contributed by atoms with Gasteiger partial charge in [-0.15, -0.1) is 11.5 Å². The molecule has 0 aromatic carbocycles. The average Bonchev–Trinajstić information content (AvgIpc) is 1.35. The van der Waals surface area contributed by atoms with Gasteiger partial charge in [0.1, 0.15) is 8.80 Å². The molecule has 0 nitrogen and oxygen atoms in total. The van der Waals surface area contributed by atoms with Crippen LogP contribution in [0.1, 0.15) is 14.4 Å². The molecule has 0 saturated heterocycles. The van der Waals surface area contributed by atoms with Crippen molar-refractivity contribution in [2.24, 2.45) is 0 Å². The predicted molar refractivity (Wildman–Crippen MR) is 39.1 cm³/mol. The Hall–Kier alpha value is -0.223. The monoisotopic (exact) mass is 114 g/mol. The highest BCUT2D eigenvalue weighted by molar-refractivity contribution is 6.64. The minimum absolute atomic E-state index is 0. The summed E-state index contributed by atoms with van der Waals surface area (Å²) in [6.07, 6.45) is 0. The van der Waals surface area contributed by atoms with Crippen LogP contribution in [0.5, 0.6) is 0 Å². The van der Waals surface area contributed by atoms with Crippen molar-refractivity contribution in [3.63, 3.8) is 0 Å². The van der Waals surface area contributed by atoms with Crippen molar-refractivity contribution in [1.82, 2.24) is 0 Å². The quantitative estimate of drug-likeness (QED) is 0.332. The van der Waals surface area contributed by atoms with Gasteiger partial charge in [-0.1, -0.05) is 20.5 Å². The summed E-state index contributed by atoms with van der Waals surface area (Å²) in [7, 11) is -0.532. The Morgan fingerprint density at radius 2 is 1.71 bits per heavy atom.